The maximum atomic E-state index is 13.0. The summed E-state index contributed by atoms with van der Waals surface area (Å²) in [6.45, 7) is 4.97. The van der Waals surface area contributed by atoms with Crippen molar-refractivity contribution in [1.29, 1.82) is 0 Å². The monoisotopic (exact) mass is 461 g/mol. The third-order valence-electron chi connectivity index (χ3n) is 5.45. The average molecular weight is 462 g/mol. The van der Waals surface area contributed by atoms with Gasteiger partial charge in [-0.2, -0.15) is 0 Å². The molecule has 1 saturated heterocycles. The van der Waals surface area contributed by atoms with Crippen LogP contribution in [0.5, 0.6) is 0 Å². The number of piperidine rings is 1. The van der Waals surface area contributed by atoms with Gasteiger partial charge >= 0.3 is 0 Å². The Bertz CT molecular complexity index is 1120. The number of anilines is 3. The first kappa shape index (κ1) is 22.8. The highest BCUT2D eigenvalue weighted by Gasteiger charge is 2.28. The fourth-order valence-electron chi connectivity index (χ4n) is 3.79. The molecule has 1 unspecified atom stereocenters. The Hall–Kier alpha value is -3.39. The van der Waals surface area contributed by atoms with Crippen LogP contribution in [0.3, 0.4) is 0 Å². The minimum absolute atomic E-state index is 0.0106. The van der Waals surface area contributed by atoms with E-state index in [2.05, 4.69) is 56.7 Å². The van der Waals surface area contributed by atoms with Crippen molar-refractivity contribution in [2.45, 2.75) is 36.6 Å². The van der Waals surface area contributed by atoms with Gasteiger partial charge in [0.15, 0.2) is 5.82 Å². The first-order chi connectivity index (χ1) is 16.0. The molecule has 0 aliphatic carbocycles. The van der Waals surface area contributed by atoms with Gasteiger partial charge in [-0.15, -0.1) is 0 Å². The molecule has 1 fully saturated rings. The molecule has 2 heterocycles. The molecule has 0 spiro atoms. The largest absolute Gasteiger partial charge is 0.354 e. The van der Waals surface area contributed by atoms with Crippen LogP contribution >= 0.6 is 11.8 Å². The van der Waals surface area contributed by atoms with Gasteiger partial charge in [0.1, 0.15) is 5.03 Å². The molecule has 2 aromatic carbocycles. The number of rotatable bonds is 6. The molecule has 1 aromatic heterocycles. The molecule has 8 heteroatoms. The van der Waals surface area contributed by atoms with E-state index in [0.717, 1.165) is 35.1 Å². The van der Waals surface area contributed by atoms with Crippen LogP contribution in [0.25, 0.3) is 0 Å². The Kier molecular flexibility index (Phi) is 7.24. The fraction of sp³-hybridized carbons (Fsp3) is 0.280. The third-order valence-corrected chi connectivity index (χ3v) is 6.44. The lowest BCUT2D eigenvalue weighted by Crippen LogP contribution is -2.41. The molecule has 2 amide bonds. The zero-order chi connectivity index (χ0) is 23.2. The number of hydrogen-bond donors (Lipinski definition) is 2. The molecule has 33 heavy (non-hydrogen) atoms. The molecule has 1 atom stereocenters. The van der Waals surface area contributed by atoms with Crippen molar-refractivity contribution in [2.75, 3.05) is 28.6 Å². The first-order valence-corrected chi connectivity index (χ1v) is 11.8. The van der Waals surface area contributed by atoms with Crippen LogP contribution in [0.15, 0.2) is 70.8 Å². The molecule has 7 nitrogen and oxygen atoms in total. The van der Waals surface area contributed by atoms with Gasteiger partial charge < -0.3 is 15.5 Å². The zero-order valence-corrected chi connectivity index (χ0v) is 19.6. The van der Waals surface area contributed by atoms with Crippen LogP contribution in [-0.2, 0) is 9.59 Å². The molecule has 0 saturated carbocycles. The fourth-order valence-corrected chi connectivity index (χ4v) is 4.67. The first-order valence-electron chi connectivity index (χ1n) is 11.0. The van der Waals surface area contributed by atoms with Crippen LogP contribution in [0.4, 0.5) is 17.2 Å². The quantitative estimate of drug-likeness (QED) is 0.551. The van der Waals surface area contributed by atoms with Crippen LogP contribution in [0.2, 0.25) is 0 Å². The van der Waals surface area contributed by atoms with Crippen molar-refractivity contribution in [3.8, 4) is 0 Å². The van der Waals surface area contributed by atoms with Gasteiger partial charge in [0.25, 0.3) is 0 Å². The van der Waals surface area contributed by atoms with Crippen molar-refractivity contribution in [3.63, 3.8) is 0 Å². The Balaban J connectivity index is 1.42. The van der Waals surface area contributed by atoms with Gasteiger partial charge in [0.2, 0.25) is 11.8 Å². The van der Waals surface area contributed by atoms with E-state index in [9.17, 15) is 9.59 Å². The topological polar surface area (TPSA) is 87.2 Å². The standard InChI is InChI=1S/C25H27N5O2S/c1-17-5-11-22(12-6-17)33-25-23(26-13-14-27-25)30-15-3-4-19(16-30)24(32)29-21-9-7-20(8-10-21)28-18(2)31/h5-14,19H,3-4,15-16H2,1-2H3,(H,28,31)(H,29,32). The van der Waals surface area contributed by atoms with Crippen molar-refractivity contribution in [3.05, 3.63) is 66.5 Å². The Morgan fingerprint density at radius 3 is 2.33 bits per heavy atom. The normalized spacial score (nSPS) is 15.7. The van der Waals surface area contributed by atoms with Crippen LogP contribution in [0, 0.1) is 12.8 Å². The van der Waals surface area contributed by atoms with Gasteiger partial charge in [0.05, 0.1) is 5.92 Å². The van der Waals surface area contributed by atoms with Gasteiger partial charge in [0, 0.05) is 48.7 Å². The molecule has 0 radical (unpaired) electrons. The lowest BCUT2D eigenvalue weighted by Gasteiger charge is -2.33. The van der Waals surface area contributed by atoms with E-state index in [1.165, 1.54) is 12.5 Å². The predicted octanol–water partition coefficient (Wildman–Crippen LogP) is 4.75. The lowest BCUT2D eigenvalue weighted by atomic mass is 9.97. The van der Waals surface area contributed by atoms with Crippen molar-refractivity contribution in [1.82, 2.24) is 9.97 Å². The van der Waals surface area contributed by atoms with E-state index in [4.69, 9.17) is 0 Å². The maximum absolute atomic E-state index is 13.0. The second kappa shape index (κ2) is 10.5. The van der Waals surface area contributed by atoms with E-state index < -0.39 is 0 Å². The number of aryl methyl sites for hydroxylation is 1. The number of hydrogen-bond acceptors (Lipinski definition) is 6. The number of nitrogens with one attached hydrogen (secondary N) is 2. The number of amides is 2. The van der Waals surface area contributed by atoms with E-state index in [0.29, 0.717) is 17.9 Å². The summed E-state index contributed by atoms with van der Waals surface area (Å²) in [5.41, 5.74) is 2.63. The molecule has 1 aliphatic rings. The summed E-state index contributed by atoms with van der Waals surface area (Å²) in [5, 5.41) is 6.57. The highest BCUT2D eigenvalue weighted by Crippen LogP contribution is 2.34. The number of aromatic nitrogens is 2. The summed E-state index contributed by atoms with van der Waals surface area (Å²) in [5.74, 6) is 0.537. The summed E-state index contributed by atoms with van der Waals surface area (Å²) in [7, 11) is 0. The number of carbonyl (C=O) groups excluding carboxylic acids is 2. The second-order valence-electron chi connectivity index (χ2n) is 8.13. The summed E-state index contributed by atoms with van der Waals surface area (Å²) in [6.07, 6.45) is 5.14. The zero-order valence-electron chi connectivity index (χ0n) is 18.7. The molecular formula is C25H27N5O2S. The molecule has 3 aromatic rings. The van der Waals surface area contributed by atoms with E-state index in [1.54, 1.807) is 48.4 Å². The van der Waals surface area contributed by atoms with E-state index in [1.807, 2.05) is 0 Å². The van der Waals surface area contributed by atoms with Crippen molar-refractivity contribution >= 4 is 40.8 Å². The highest BCUT2D eigenvalue weighted by molar-refractivity contribution is 7.99. The Labute approximate surface area is 198 Å². The number of nitrogens with zero attached hydrogens (tertiary/aromatic N) is 3. The minimum Gasteiger partial charge on any atom is -0.354 e. The maximum Gasteiger partial charge on any atom is 0.229 e. The predicted molar refractivity (Wildman–Crippen MR) is 132 cm³/mol. The molecule has 4 rings (SSSR count). The van der Waals surface area contributed by atoms with Gasteiger partial charge in [-0.05, 0) is 56.2 Å². The summed E-state index contributed by atoms with van der Waals surface area (Å²) < 4.78 is 0. The van der Waals surface area contributed by atoms with Crippen molar-refractivity contribution in [2.24, 2.45) is 5.92 Å². The molecular weight excluding hydrogens is 434 g/mol. The van der Waals surface area contributed by atoms with Crippen LogP contribution < -0.4 is 15.5 Å². The van der Waals surface area contributed by atoms with Gasteiger partial charge in [-0.25, -0.2) is 9.97 Å². The SMILES string of the molecule is CC(=O)Nc1ccc(NC(=O)C2CCCN(c3nccnc3Sc3ccc(C)cc3)C2)cc1. The van der Waals surface area contributed by atoms with Crippen LogP contribution in [-0.4, -0.2) is 34.9 Å². The molecule has 170 valence electrons. The lowest BCUT2D eigenvalue weighted by molar-refractivity contribution is -0.120. The summed E-state index contributed by atoms with van der Waals surface area (Å²) in [4.78, 5) is 36.6. The molecule has 0 bridgehead atoms. The number of carbonyl (C=O) groups is 2. The van der Waals surface area contributed by atoms with Crippen LogP contribution in [0.1, 0.15) is 25.3 Å². The average Bonchev–Trinajstić information content (AvgIpc) is 2.82. The van der Waals surface area contributed by atoms with E-state index in [-0.39, 0.29) is 17.7 Å². The van der Waals surface area contributed by atoms with Crippen molar-refractivity contribution < 1.29 is 9.59 Å². The molecule has 2 N–H and O–H groups in total. The third kappa shape index (κ3) is 6.10. The van der Waals surface area contributed by atoms with E-state index >= 15 is 0 Å². The summed E-state index contributed by atoms with van der Waals surface area (Å²) in [6, 6.07) is 15.5. The Morgan fingerprint density at radius 1 is 0.970 bits per heavy atom. The minimum atomic E-state index is -0.145. The van der Waals surface area contributed by atoms with Gasteiger partial charge in [-0.1, -0.05) is 29.5 Å². The highest BCUT2D eigenvalue weighted by atomic mass is 32.2. The smallest absolute Gasteiger partial charge is 0.229 e. The molecule has 1 aliphatic heterocycles. The second-order valence-corrected chi connectivity index (χ2v) is 9.20. The summed E-state index contributed by atoms with van der Waals surface area (Å²) >= 11 is 1.59. The van der Waals surface area contributed by atoms with Gasteiger partial charge in [-0.3, -0.25) is 9.59 Å². The number of benzene rings is 2. The Morgan fingerprint density at radius 2 is 1.64 bits per heavy atom.